The largest absolute Gasteiger partial charge is 0.388 e. The molecule has 4 N–H and O–H groups in total. The molecule has 0 amide bonds. The molecule has 0 unspecified atom stereocenters. The van der Waals surface area contributed by atoms with Gasteiger partial charge in [-0.3, -0.25) is 5.41 Å². The van der Waals surface area contributed by atoms with E-state index < -0.39 is 15.8 Å². The molecule has 0 aliphatic carbocycles. The van der Waals surface area contributed by atoms with E-state index in [9.17, 15) is 12.8 Å². The molecule has 0 aromatic heterocycles. The average molecular weight is 287 g/mol. The Kier molecular flexibility index (Phi) is 5.02. The van der Waals surface area contributed by atoms with Crippen LogP contribution in [0.5, 0.6) is 0 Å². The lowest BCUT2D eigenvalue weighted by atomic mass is 10.1. The summed E-state index contributed by atoms with van der Waals surface area (Å²) in [6.07, 6.45) is 0.789. The number of sulfonamides is 1. The van der Waals surface area contributed by atoms with Gasteiger partial charge >= 0.3 is 0 Å². The van der Waals surface area contributed by atoms with Crippen molar-refractivity contribution in [3.05, 3.63) is 29.1 Å². The topological polar surface area (TPSA) is 96.0 Å². The number of rotatable bonds is 6. The van der Waals surface area contributed by atoms with Crippen LogP contribution in [0.15, 0.2) is 17.0 Å². The van der Waals surface area contributed by atoms with Gasteiger partial charge < -0.3 is 5.73 Å². The monoisotopic (exact) mass is 287 g/mol. The van der Waals surface area contributed by atoms with Crippen LogP contribution in [0.1, 0.15) is 24.0 Å². The van der Waals surface area contributed by atoms with E-state index >= 15 is 0 Å². The quantitative estimate of drug-likeness (QED) is 0.419. The summed E-state index contributed by atoms with van der Waals surface area (Å²) >= 11 is 0. The van der Waals surface area contributed by atoms with Gasteiger partial charge in [0, 0.05) is 13.0 Å². The van der Waals surface area contributed by atoms with Crippen molar-refractivity contribution in [2.24, 2.45) is 5.73 Å². The van der Waals surface area contributed by atoms with Gasteiger partial charge in [0.1, 0.15) is 5.82 Å². The summed E-state index contributed by atoms with van der Waals surface area (Å²) in [5.41, 5.74) is 5.93. The van der Waals surface area contributed by atoms with Crippen molar-refractivity contribution in [2.75, 3.05) is 6.54 Å². The van der Waals surface area contributed by atoms with E-state index in [1.807, 2.05) is 0 Å². The molecule has 0 heterocycles. The third kappa shape index (κ3) is 4.29. The first kappa shape index (κ1) is 15.6. The van der Waals surface area contributed by atoms with Crippen molar-refractivity contribution in [3.63, 3.8) is 0 Å². The minimum atomic E-state index is -3.66. The number of amidine groups is 1. The molecule has 1 aromatic rings. The molecule has 0 fully saturated rings. The molecule has 0 spiro atoms. The molecule has 0 aliphatic rings. The minimum absolute atomic E-state index is 0.0216. The van der Waals surface area contributed by atoms with Gasteiger partial charge in [-0.25, -0.2) is 17.5 Å². The molecule has 0 atom stereocenters. The van der Waals surface area contributed by atoms with E-state index in [0.717, 1.165) is 0 Å². The van der Waals surface area contributed by atoms with Gasteiger partial charge in [0.15, 0.2) is 0 Å². The summed E-state index contributed by atoms with van der Waals surface area (Å²) in [5.74, 6) is -0.432. The highest BCUT2D eigenvalue weighted by Gasteiger charge is 2.19. The molecule has 0 radical (unpaired) electrons. The molecule has 0 aliphatic heterocycles. The van der Waals surface area contributed by atoms with Gasteiger partial charge in [-0.1, -0.05) is 0 Å². The summed E-state index contributed by atoms with van der Waals surface area (Å²) in [4.78, 5) is 0.108. The fourth-order valence-corrected chi connectivity index (χ4v) is 3.40. The summed E-state index contributed by atoms with van der Waals surface area (Å²) in [6, 6.07) is 2.38. The highest BCUT2D eigenvalue weighted by molar-refractivity contribution is 7.89. The van der Waals surface area contributed by atoms with Gasteiger partial charge in [0.25, 0.3) is 0 Å². The molecule has 0 saturated heterocycles. The standard InChI is InChI=1S/C12H18FN3O2S/c1-8-6-10(13)7-9(2)12(8)19(17,18)16-5-3-4-11(14)15/h6-7,16H,3-5H2,1-2H3,(H3,14,15). The number of halogens is 1. The number of nitrogens with one attached hydrogen (secondary N) is 2. The predicted molar refractivity (Wildman–Crippen MR) is 72.2 cm³/mol. The van der Waals surface area contributed by atoms with Crippen molar-refractivity contribution >= 4 is 15.9 Å². The SMILES string of the molecule is Cc1cc(F)cc(C)c1S(=O)(=O)NCCCC(=N)N. The summed E-state index contributed by atoms with van der Waals surface area (Å²) in [5, 5.41) is 7.04. The zero-order chi connectivity index (χ0) is 14.6. The van der Waals surface area contributed by atoms with Crippen LogP contribution in [-0.2, 0) is 10.0 Å². The van der Waals surface area contributed by atoms with Crippen LogP contribution >= 0.6 is 0 Å². The van der Waals surface area contributed by atoms with E-state index in [2.05, 4.69) is 4.72 Å². The first-order valence-electron chi connectivity index (χ1n) is 5.83. The second-order valence-corrected chi connectivity index (χ2v) is 6.10. The lowest BCUT2D eigenvalue weighted by Gasteiger charge is -2.12. The number of hydrogen-bond acceptors (Lipinski definition) is 3. The fourth-order valence-electron chi connectivity index (χ4n) is 1.88. The van der Waals surface area contributed by atoms with Crippen LogP contribution in [0.3, 0.4) is 0 Å². The Hall–Kier alpha value is -1.47. The molecule has 106 valence electrons. The molecule has 1 aromatic carbocycles. The van der Waals surface area contributed by atoms with Crippen molar-refractivity contribution in [1.29, 1.82) is 5.41 Å². The molecule has 0 bridgehead atoms. The van der Waals surface area contributed by atoms with Crippen molar-refractivity contribution < 1.29 is 12.8 Å². The molecule has 0 saturated carbocycles. The maximum Gasteiger partial charge on any atom is 0.241 e. The van der Waals surface area contributed by atoms with Crippen LogP contribution in [-0.4, -0.2) is 20.8 Å². The van der Waals surface area contributed by atoms with E-state index in [-0.39, 0.29) is 17.3 Å². The molecule has 5 nitrogen and oxygen atoms in total. The number of hydrogen-bond donors (Lipinski definition) is 3. The van der Waals surface area contributed by atoms with Crippen molar-refractivity contribution in [2.45, 2.75) is 31.6 Å². The van der Waals surface area contributed by atoms with Gasteiger partial charge in [0.05, 0.1) is 10.7 Å². The van der Waals surface area contributed by atoms with Crippen molar-refractivity contribution in [1.82, 2.24) is 4.72 Å². The molecular weight excluding hydrogens is 269 g/mol. The predicted octanol–water partition coefficient (Wildman–Crippen LogP) is 1.44. The average Bonchev–Trinajstić information content (AvgIpc) is 2.22. The highest BCUT2D eigenvalue weighted by atomic mass is 32.2. The Labute approximate surface area is 112 Å². The lowest BCUT2D eigenvalue weighted by molar-refractivity contribution is 0.577. The Morgan fingerprint density at radius 3 is 2.37 bits per heavy atom. The summed E-state index contributed by atoms with van der Waals surface area (Å²) in [6.45, 7) is 3.30. The third-order valence-corrected chi connectivity index (χ3v) is 4.37. The Balaban J connectivity index is 2.86. The Bertz CT molecular complexity index is 562. The zero-order valence-corrected chi connectivity index (χ0v) is 11.8. The van der Waals surface area contributed by atoms with Gasteiger partial charge in [-0.2, -0.15) is 0 Å². The van der Waals surface area contributed by atoms with Gasteiger partial charge in [-0.05, 0) is 43.5 Å². The number of aryl methyl sites for hydroxylation is 2. The lowest BCUT2D eigenvalue weighted by Crippen LogP contribution is -2.27. The number of benzene rings is 1. The Morgan fingerprint density at radius 2 is 1.89 bits per heavy atom. The zero-order valence-electron chi connectivity index (χ0n) is 11.0. The van der Waals surface area contributed by atoms with Gasteiger partial charge in [-0.15, -0.1) is 0 Å². The summed E-state index contributed by atoms with van der Waals surface area (Å²) in [7, 11) is -3.66. The maximum absolute atomic E-state index is 13.1. The second kappa shape index (κ2) is 6.12. The van der Waals surface area contributed by atoms with Crippen LogP contribution in [0.4, 0.5) is 4.39 Å². The second-order valence-electron chi connectivity index (χ2n) is 4.40. The summed E-state index contributed by atoms with van der Waals surface area (Å²) < 4.78 is 39.8. The fraction of sp³-hybridized carbons (Fsp3) is 0.417. The minimum Gasteiger partial charge on any atom is -0.388 e. The molecular formula is C12H18FN3O2S. The van der Waals surface area contributed by atoms with Gasteiger partial charge in [0.2, 0.25) is 10.0 Å². The first-order chi connectivity index (χ1) is 8.74. The van der Waals surface area contributed by atoms with Crippen LogP contribution in [0.25, 0.3) is 0 Å². The van der Waals surface area contributed by atoms with E-state index in [4.69, 9.17) is 11.1 Å². The Morgan fingerprint density at radius 1 is 1.37 bits per heavy atom. The highest BCUT2D eigenvalue weighted by Crippen LogP contribution is 2.21. The van der Waals surface area contributed by atoms with Crippen LogP contribution in [0.2, 0.25) is 0 Å². The molecule has 7 heteroatoms. The molecule has 19 heavy (non-hydrogen) atoms. The van der Waals surface area contributed by atoms with Crippen LogP contribution < -0.4 is 10.5 Å². The normalized spacial score (nSPS) is 11.5. The third-order valence-electron chi connectivity index (χ3n) is 2.61. The molecule has 1 rings (SSSR count). The van der Waals surface area contributed by atoms with Crippen LogP contribution in [0, 0.1) is 25.1 Å². The maximum atomic E-state index is 13.1. The smallest absolute Gasteiger partial charge is 0.241 e. The number of nitrogens with two attached hydrogens (primary N) is 1. The van der Waals surface area contributed by atoms with E-state index in [1.54, 1.807) is 13.8 Å². The van der Waals surface area contributed by atoms with Crippen molar-refractivity contribution in [3.8, 4) is 0 Å². The first-order valence-corrected chi connectivity index (χ1v) is 7.31. The van der Waals surface area contributed by atoms with E-state index in [0.29, 0.717) is 24.0 Å². The van der Waals surface area contributed by atoms with E-state index in [1.165, 1.54) is 12.1 Å².